The van der Waals surface area contributed by atoms with Gasteiger partial charge in [0.25, 0.3) is 5.56 Å². The van der Waals surface area contributed by atoms with Crippen molar-refractivity contribution in [1.29, 1.82) is 0 Å². The quantitative estimate of drug-likeness (QED) is 0.395. The summed E-state index contributed by atoms with van der Waals surface area (Å²) in [5.41, 5.74) is -1.35. The lowest BCUT2D eigenvalue weighted by atomic mass is 10.1. The lowest BCUT2D eigenvalue weighted by molar-refractivity contribution is 0.297. The molecule has 4 rings (SSSR count). The van der Waals surface area contributed by atoms with E-state index in [2.05, 4.69) is 19.8 Å². The number of hydrogen-bond donors (Lipinski definition) is 2. The predicted molar refractivity (Wildman–Crippen MR) is 140 cm³/mol. The first kappa shape index (κ1) is 16.9. The van der Waals surface area contributed by atoms with Crippen molar-refractivity contribution < 1.29 is 25.5 Å². The molecule has 1 saturated heterocycles. The topological polar surface area (TPSA) is 122 Å². The molecule has 0 aliphatic carbocycles. The van der Waals surface area contributed by atoms with Gasteiger partial charge < -0.3 is 14.6 Å². The number of aryl methyl sites for hydroxylation is 2. The Morgan fingerprint density at radius 2 is 2.22 bits per heavy atom. The average Bonchev–Trinajstić information content (AvgIpc) is 3.50. The van der Waals surface area contributed by atoms with Crippen LogP contribution in [0.25, 0.3) is 22.4 Å². The zero-order valence-electron chi connectivity index (χ0n) is 29.2. The van der Waals surface area contributed by atoms with Crippen LogP contribution in [0, 0.1) is 0 Å². The number of benzene rings is 1. The first-order valence-electron chi connectivity index (χ1n) is 16.3. The van der Waals surface area contributed by atoms with E-state index in [1.807, 2.05) is 6.92 Å². The fraction of sp³-hybridized carbons (Fsp3) is 0.560. The Hall–Kier alpha value is -2.76. The molecule has 0 radical (unpaired) electrons. The van der Waals surface area contributed by atoms with E-state index in [1.54, 1.807) is 0 Å². The summed E-state index contributed by atoms with van der Waals surface area (Å²) in [4.78, 5) is 21.2. The van der Waals surface area contributed by atoms with E-state index in [0.717, 1.165) is 4.68 Å². The number of hydrogen-bond acceptors (Lipinski definition) is 7. The number of H-pyrrole nitrogens is 1. The monoisotopic (exact) mass is 525 g/mol. The normalized spacial score (nSPS) is 22.4. The summed E-state index contributed by atoms with van der Waals surface area (Å²) in [5, 5.41) is 4.08. The number of ether oxygens (including phenoxy) is 1. The number of aromatic amines is 1. The molecule has 3 aromatic rings. The van der Waals surface area contributed by atoms with Gasteiger partial charge in [0.1, 0.15) is 17.1 Å². The van der Waals surface area contributed by atoms with Crippen molar-refractivity contribution in [1.82, 2.24) is 29.4 Å². The average molecular weight is 526 g/mol. The van der Waals surface area contributed by atoms with Crippen molar-refractivity contribution in [2.45, 2.75) is 63.2 Å². The Bertz CT molecular complexity index is 1710. The van der Waals surface area contributed by atoms with Gasteiger partial charge in [-0.3, -0.25) is 9.48 Å². The van der Waals surface area contributed by atoms with E-state index in [9.17, 15) is 13.2 Å². The van der Waals surface area contributed by atoms with Gasteiger partial charge in [-0.1, -0.05) is 20.2 Å². The van der Waals surface area contributed by atoms with Gasteiger partial charge in [0.15, 0.2) is 5.52 Å². The first-order valence-corrected chi connectivity index (χ1v) is 13.2. The second kappa shape index (κ2) is 11.1. The van der Waals surface area contributed by atoms with Crippen molar-refractivity contribution in [3.8, 4) is 17.1 Å². The maximum atomic E-state index is 13.4. The van der Waals surface area contributed by atoms with Gasteiger partial charge in [-0.15, -0.1) is 0 Å². The van der Waals surface area contributed by atoms with Gasteiger partial charge in [0.05, 0.1) is 22.8 Å². The van der Waals surface area contributed by atoms with E-state index in [0.29, 0.717) is 25.8 Å². The summed E-state index contributed by atoms with van der Waals surface area (Å²) < 4.78 is 107. The summed E-state index contributed by atoms with van der Waals surface area (Å²) >= 11 is 0. The number of fused-ring (bicyclic) bond motifs is 1. The van der Waals surface area contributed by atoms with Gasteiger partial charge >= 0.3 is 0 Å². The molecule has 0 saturated carbocycles. The lowest BCUT2D eigenvalue weighted by Crippen LogP contribution is -2.31. The highest BCUT2D eigenvalue weighted by Crippen LogP contribution is 2.31. The summed E-state index contributed by atoms with van der Waals surface area (Å²) in [6, 6.07) is 3.33. The minimum atomic E-state index is -4.33. The first-order chi connectivity index (χ1) is 20.7. The van der Waals surface area contributed by atoms with Gasteiger partial charge in [-0.2, -0.15) is 5.10 Å². The van der Waals surface area contributed by atoms with E-state index in [4.69, 9.17) is 17.1 Å². The molecule has 1 fully saturated rings. The van der Waals surface area contributed by atoms with E-state index >= 15 is 0 Å². The van der Waals surface area contributed by atoms with Crippen LogP contribution in [0.5, 0.6) is 5.75 Å². The molecule has 2 unspecified atom stereocenters. The van der Waals surface area contributed by atoms with E-state index < -0.39 is 54.8 Å². The molecule has 1 aromatic carbocycles. The van der Waals surface area contributed by atoms with E-state index in [1.165, 1.54) is 30.1 Å². The maximum Gasteiger partial charge on any atom is 0.277 e. The summed E-state index contributed by atoms with van der Waals surface area (Å²) in [5.74, 6) is -0.00720. The smallest absolute Gasteiger partial charge is 0.277 e. The van der Waals surface area contributed by atoms with Crippen LogP contribution in [0.2, 0.25) is 0 Å². The maximum absolute atomic E-state index is 13.4. The molecular formula is C25H36N6O4S. The molecule has 36 heavy (non-hydrogen) atoms. The predicted octanol–water partition coefficient (Wildman–Crippen LogP) is 2.83. The molecule has 3 heterocycles. The third-order valence-electron chi connectivity index (χ3n) is 5.93. The summed E-state index contributed by atoms with van der Waals surface area (Å²) in [6.45, 7) is -3.93. The van der Waals surface area contributed by atoms with Crippen molar-refractivity contribution in [2.75, 3.05) is 26.6 Å². The molecule has 0 bridgehead atoms. The Labute approximate surface area is 224 Å². The van der Waals surface area contributed by atoms with Gasteiger partial charge in [-0.25, -0.2) is 18.1 Å². The largest absolute Gasteiger partial charge is 0.493 e. The molecule has 1 aliphatic rings. The Balaban J connectivity index is 1.75. The SMILES string of the molecule is [2H]C(CC1CCCN1C([2H])([2H])[2H])NS(=O)(=O)c1ccc(OCCC)c(-c2nc3c(C([2H])([2H])CC([2H])([2H])[2H])nn(C)c3c(=O)[nH]2)c1. The van der Waals surface area contributed by atoms with Crippen molar-refractivity contribution in [2.24, 2.45) is 7.05 Å². The number of nitrogens with one attached hydrogen (secondary N) is 2. The second-order valence-electron chi connectivity index (χ2n) is 8.49. The fourth-order valence-electron chi connectivity index (χ4n) is 4.15. The number of aromatic nitrogens is 4. The van der Waals surface area contributed by atoms with Gasteiger partial charge in [0.2, 0.25) is 10.0 Å². The van der Waals surface area contributed by atoms with Crippen molar-refractivity contribution >= 4 is 21.1 Å². The second-order valence-corrected chi connectivity index (χ2v) is 10.2. The van der Waals surface area contributed by atoms with Crippen LogP contribution in [0.4, 0.5) is 0 Å². The number of rotatable bonds is 11. The minimum Gasteiger partial charge on any atom is -0.493 e. The molecule has 2 atom stereocenters. The molecule has 2 aromatic heterocycles. The minimum absolute atomic E-state index is 0.0439. The van der Waals surface area contributed by atoms with Crippen LogP contribution in [-0.2, 0) is 23.4 Å². The number of sulfonamides is 1. The van der Waals surface area contributed by atoms with Crippen molar-refractivity contribution in [3.05, 3.63) is 34.2 Å². The molecule has 1 aliphatic heterocycles. The molecular weight excluding hydrogens is 480 g/mol. The summed E-state index contributed by atoms with van der Waals surface area (Å²) in [7, 11) is -2.94. The summed E-state index contributed by atoms with van der Waals surface area (Å²) in [6.07, 6.45) is -1.68. The molecule has 0 amide bonds. The van der Waals surface area contributed by atoms with Crippen LogP contribution < -0.4 is 15.0 Å². The number of nitrogens with zero attached hydrogens (tertiary/aromatic N) is 4. The van der Waals surface area contributed by atoms with E-state index in [-0.39, 0.29) is 51.8 Å². The molecule has 11 heteroatoms. The van der Waals surface area contributed by atoms with Crippen LogP contribution in [0.15, 0.2) is 27.9 Å². The zero-order valence-corrected chi connectivity index (χ0v) is 21.0. The van der Waals surface area contributed by atoms with Crippen molar-refractivity contribution in [3.63, 3.8) is 0 Å². The third kappa shape index (κ3) is 5.47. The highest BCUT2D eigenvalue weighted by molar-refractivity contribution is 7.89. The Kier molecular flexibility index (Phi) is 5.21. The van der Waals surface area contributed by atoms with Crippen LogP contribution >= 0.6 is 0 Å². The standard InChI is InChI=1S/C25H36N6O4S/c1-5-8-20-22-23(31(4)29-20)25(32)28-24(27-22)19-16-18(10-11-21(19)35-15-6-2)36(33,34)26-13-12-17-9-7-14-30(17)3/h10-11,16-17,26H,5-9,12-15H2,1-4H3,(H,27,28,32)/i1D3,3D3,8D2,13D. The van der Waals surface area contributed by atoms with Gasteiger partial charge in [-0.05, 0) is 63.8 Å². The molecule has 10 nitrogen and oxygen atoms in total. The van der Waals surface area contributed by atoms with Gasteiger partial charge in [0, 0.05) is 31.9 Å². The highest BCUT2D eigenvalue weighted by Gasteiger charge is 2.23. The van der Waals surface area contributed by atoms with Crippen LogP contribution in [0.3, 0.4) is 0 Å². The molecule has 2 N–H and O–H groups in total. The van der Waals surface area contributed by atoms with Crippen LogP contribution in [0.1, 0.15) is 63.9 Å². The Morgan fingerprint density at radius 1 is 1.36 bits per heavy atom. The fourth-order valence-corrected chi connectivity index (χ4v) is 5.12. The lowest BCUT2D eigenvalue weighted by Gasteiger charge is -2.19. The molecule has 196 valence electrons. The molecule has 0 spiro atoms. The highest BCUT2D eigenvalue weighted by atomic mass is 32.2. The Morgan fingerprint density at radius 3 is 3.00 bits per heavy atom. The van der Waals surface area contributed by atoms with Crippen LogP contribution in [-0.4, -0.2) is 65.8 Å². The number of likely N-dealkylation sites (tertiary alicyclic amines) is 1. The zero-order chi connectivity index (χ0) is 33.5. The third-order valence-corrected chi connectivity index (χ3v) is 7.28.